The maximum Gasteiger partial charge on any atom is 0.297 e. The number of benzene rings is 2. The molecule has 3 heterocycles. The first kappa shape index (κ1) is 21.4. The molecule has 168 valence electrons. The molecule has 2 aromatic carbocycles. The van der Waals surface area contributed by atoms with Crippen molar-refractivity contribution in [2.45, 2.75) is 46.5 Å². The van der Waals surface area contributed by atoms with Gasteiger partial charge in [0.2, 0.25) is 11.7 Å². The van der Waals surface area contributed by atoms with Crippen molar-refractivity contribution in [3.05, 3.63) is 77.5 Å². The largest absolute Gasteiger partial charge is 0.437 e. The van der Waals surface area contributed by atoms with E-state index in [1.807, 2.05) is 6.07 Å². The number of halogens is 1. The van der Waals surface area contributed by atoms with E-state index >= 15 is 0 Å². The smallest absolute Gasteiger partial charge is 0.297 e. The van der Waals surface area contributed by atoms with E-state index in [4.69, 9.17) is 4.42 Å². The third kappa shape index (κ3) is 3.34. The summed E-state index contributed by atoms with van der Waals surface area (Å²) >= 11 is 0. The lowest BCUT2D eigenvalue weighted by Gasteiger charge is -2.18. The Balaban J connectivity index is 1.89. The van der Waals surface area contributed by atoms with Gasteiger partial charge in [0.1, 0.15) is 23.6 Å². The molecule has 5 heteroatoms. The summed E-state index contributed by atoms with van der Waals surface area (Å²) in [5.74, 6) is 1.22. The first-order chi connectivity index (χ1) is 15.8. The summed E-state index contributed by atoms with van der Waals surface area (Å²) in [5.41, 5.74) is 6.95. The molecule has 3 aromatic heterocycles. The zero-order chi connectivity index (χ0) is 23.4. The number of hydrogen-bond acceptors (Lipinski definition) is 2. The van der Waals surface area contributed by atoms with Crippen molar-refractivity contribution in [2.75, 3.05) is 0 Å². The van der Waals surface area contributed by atoms with Crippen LogP contribution < -0.4 is 4.57 Å². The molecule has 5 rings (SSSR count). The molecule has 5 aromatic rings. The number of fused-ring (bicyclic) bond motifs is 3. The highest BCUT2D eigenvalue weighted by Gasteiger charge is 2.29. The summed E-state index contributed by atoms with van der Waals surface area (Å²) in [5, 5.41) is 1.76. The minimum atomic E-state index is -0.541. The summed E-state index contributed by atoms with van der Waals surface area (Å²) in [4.78, 5) is 4.00. The molecule has 33 heavy (non-hydrogen) atoms. The van der Waals surface area contributed by atoms with E-state index in [2.05, 4.69) is 92.4 Å². The molecule has 0 aliphatic rings. The number of aryl methyl sites for hydroxylation is 2. The van der Waals surface area contributed by atoms with Crippen LogP contribution in [0.4, 0.5) is 4.39 Å². The zero-order valence-electron chi connectivity index (χ0n) is 20.0. The molecular formula is C28H29FN3O+. The Kier molecular flexibility index (Phi) is 5.08. The lowest BCUT2D eigenvalue weighted by molar-refractivity contribution is -0.659. The third-order valence-corrected chi connectivity index (χ3v) is 6.49. The van der Waals surface area contributed by atoms with Crippen molar-refractivity contribution in [1.82, 2.24) is 9.55 Å². The second-order valence-electron chi connectivity index (χ2n) is 9.42. The van der Waals surface area contributed by atoms with E-state index in [9.17, 15) is 4.39 Å². The quantitative estimate of drug-likeness (QED) is 0.223. The summed E-state index contributed by atoms with van der Waals surface area (Å²) in [6.07, 6.45) is 4.21. The number of nitrogens with zero attached hydrogens (tertiary/aromatic N) is 3. The van der Waals surface area contributed by atoms with E-state index in [1.54, 1.807) is 6.07 Å². The molecule has 0 bridgehead atoms. The van der Waals surface area contributed by atoms with Crippen LogP contribution in [0, 0.1) is 12.9 Å². The summed E-state index contributed by atoms with van der Waals surface area (Å²) in [6.45, 7) is 11.0. The molecule has 0 aliphatic heterocycles. The van der Waals surface area contributed by atoms with Crippen molar-refractivity contribution in [3.8, 4) is 17.1 Å². The molecule has 0 unspecified atom stereocenters. The Morgan fingerprint density at radius 3 is 2.27 bits per heavy atom. The molecule has 0 fully saturated rings. The van der Waals surface area contributed by atoms with Crippen LogP contribution in [0.3, 0.4) is 0 Å². The number of pyridine rings is 1. The van der Waals surface area contributed by atoms with E-state index in [1.165, 1.54) is 22.9 Å². The van der Waals surface area contributed by atoms with Gasteiger partial charge in [0.15, 0.2) is 5.58 Å². The first-order valence-corrected chi connectivity index (χ1v) is 11.5. The molecule has 0 spiro atoms. The van der Waals surface area contributed by atoms with Crippen molar-refractivity contribution in [3.63, 3.8) is 0 Å². The predicted octanol–water partition coefficient (Wildman–Crippen LogP) is 6.96. The van der Waals surface area contributed by atoms with Crippen LogP contribution in [0.2, 0.25) is 0 Å². The van der Waals surface area contributed by atoms with Crippen LogP contribution in [0.1, 0.15) is 56.2 Å². The molecule has 4 nitrogen and oxygen atoms in total. The zero-order valence-corrected chi connectivity index (χ0v) is 20.0. The second kappa shape index (κ2) is 7.84. The fourth-order valence-electron chi connectivity index (χ4n) is 4.82. The number of rotatable bonds is 4. The van der Waals surface area contributed by atoms with Crippen LogP contribution in [-0.2, 0) is 7.05 Å². The van der Waals surface area contributed by atoms with Crippen LogP contribution in [0.15, 0.2) is 59.3 Å². The van der Waals surface area contributed by atoms with Gasteiger partial charge in [0.05, 0.1) is 7.05 Å². The van der Waals surface area contributed by atoms with Gasteiger partial charge in [-0.15, -0.1) is 0 Å². The van der Waals surface area contributed by atoms with Gasteiger partial charge in [-0.2, -0.15) is 13.9 Å². The van der Waals surface area contributed by atoms with Crippen LogP contribution in [-0.4, -0.2) is 9.55 Å². The Morgan fingerprint density at radius 1 is 0.939 bits per heavy atom. The highest BCUT2D eigenvalue weighted by molar-refractivity contribution is 6.08. The molecule has 0 amide bonds. The molecule has 0 N–H and O–H groups in total. The van der Waals surface area contributed by atoms with Crippen LogP contribution in [0.5, 0.6) is 0 Å². The average Bonchev–Trinajstić information content (AvgIpc) is 3.32. The number of hydrogen-bond donors (Lipinski definition) is 0. The number of aromatic nitrogens is 3. The number of para-hydroxylation sites is 1. The van der Waals surface area contributed by atoms with Gasteiger partial charge in [-0.1, -0.05) is 58.0 Å². The van der Waals surface area contributed by atoms with Gasteiger partial charge in [0, 0.05) is 21.9 Å². The lowest BCUT2D eigenvalue weighted by Crippen LogP contribution is -2.29. The van der Waals surface area contributed by atoms with Crippen LogP contribution in [0.25, 0.3) is 39.1 Å². The lowest BCUT2D eigenvalue weighted by atomic mass is 9.92. The van der Waals surface area contributed by atoms with Gasteiger partial charge in [0.25, 0.3) is 5.82 Å². The normalized spacial score (nSPS) is 12.0. The van der Waals surface area contributed by atoms with E-state index < -0.39 is 5.95 Å². The topological polar surface area (TPSA) is 34.8 Å². The Morgan fingerprint density at radius 2 is 1.61 bits per heavy atom. The summed E-state index contributed by atoms with van der Waals surface area (Å²) < 4.78 is 24.4. The van der Waals surface area contributed by atoms with Gasteiger partial charge >= 0.3 is 0 Å². The summed E-state index contributed by atoms with van der Waals surface area (Å²) in [7, 11) is 2.05. The van der Waals surface area contributed by atoms with Gasteiger partial charge < -0.3 is 4.42 Å². The minimum Gasteiger partial charge on any atom is -0.437 e. The molecular weight excluding hydrogens is 413 g/mol. The molecule has 0 saturated heterocycles. The monoisotopic (exact) mass is 442 g/mol. The van der Waals surface area contributed by atoms with Gasteiger partial charge in [-0.3, -0.25) is 0 Å². The molecule has 0 aliphatic carbocycles. The second-order valence-corrected chi connectivity index (χ2v) is 9.42. The summed E-state index contributed by atoms with van der Waals surface area (Å²) in [6, 6.07) is 13.9. The molecule has 0 saturated carbocycles. The van der Waals surface area contributed by atoms with Gasteiger partial charge in [-0.05, 0) is 36.5 Å². The fraction of sp³-hybridized carbons (Fsp3) is 0.286. The van der Waals surface area contributed by atoms with Crippen molar-refractivity contribution < 1.29 is 13.4 Å². The van der Waals surface area contributed by atoms with Gasteiger partial charge in [-0.25, -0.2) is 4.57 Å². The van der Waals surface area contributed by atoms with E-state index in [-0.39, 0.29) is 0 Å². The fourth-order valence-corrected chi connectivity index (χ4v) is 4.82. The Hall–Kier alpha value is -3.47. The molecule has 0 radical (unpaired) electrons. The maximum atomic E-state index is 13.8. The Bertz CT molecular complexity index is 1480. The SMILES string of the molecule is Cc1ccc2c(oc3nc(F)ccc32)c1-c1n(-c2c(C(C)C)cccc2C(C)C)cc[n+]1C. The first-order valence-electron chi connectivity index (χ1n) is 11.5. The predicted molar refractivity (Wildman–Crippen MR) is 130 cm³/mol. The van der Waals surface area contributed by atoms with E-state index in [0.29, 0.717) is 17.5 Å². The van der Waals surface area contributed by atoms with E-state index in [0.717, 1.165) is 33.3 Å². The maximum absolute atomic E-state index is 13.8. The van der Waals surface area contributed by atoms with Crippen molar-refractivity contribution in [2.24, 2.45) is 7.05 Å². The van der Waals surface area contributed by atoms with Crippen LogP contribution >= 0.6 is 0 Å². The van der Waals surface area contributed by atoms with Crippen molar-refractivity contribution in [1.29, 1.82) is 0 Å². The minimum absolute atomic E-state index is 0.322. The average molecular weight is 443 g/mol. The number of imidazole rings is 1. The number of furan rings is 1. The Labute approximate surface area is 193 Å². The highest BCUT2D eigenvalue weighted by Crippen LogP contribution is 2.39. The third-order valence-electron chi connectivity index (χ3n) is 6.49. The van der Waals surface area contributed by atoms with Crippen molar-refractivity contribution >= 4 is 22.1 Å². The molecule has 0 atom stereocenters. The highest BCUT2D eigenvalue weighted by atomic mass is 19.1. The standard InChI is InChI=1S/C28H29FN3O/c1-16(2)19-8-7-9-20(17(3)4)25(19)32-15-14-31(6)28(32)24-18(5)10-11-21-22-12-13-23(29)30-27(22)33-26(21)24/h7-17H,1-6H3/q+1.